The average molecular weight is 1030 g/mol. The van der Waals surface area contributed by atoms with Crippen LogP contribution >= 0.6 is 11.3 Å². The fraction of sp³-hybridized carbons (Fsp3) is 0.241. The molecule has 5 aromatic carbocycles. The topological polar surface area (TPSA) is 40.1 Å². The number of benzene rings is 5. The van der Waals surface area contributed by atoms with Crippen LogP contribution in [0.1, 0.15) is 123 Å². The van der Waals surface area contributed by atoms with Gasteiger partial charge in [-0.2, -0.15) is 17.6 Å². The first-order valence-electron chi connectivity index (χ1n) is 24.3. The van der Waals surface area contributed by atoms with Crippen molar-refractivity contribution in [2.75, 3.05) is 0 Å². The average Bonchev–Trinajstić information content (AvgIpc) is 3.93. The molecule has 0 atom stereocenters. The third kappa shape index (κ3) is 11.8. The van der Waals surface area contributed by atoms with Crippen LogP contribution in [0.4, 0.5) is 0 Å². The SMILES string of the molecule is [2H]C([2H])([2H])c1c[c-]c(-c2nccn2-c2c(C([2H])(C)C)cccc2C([2H])(C)C)cc1C(=C)/C=C\C=C/C.[2H]C([2H])(c1ccc(C(=C/C=[N-])/C=C(\C)c2[c-]ccc3c2sc2ccccc23)cc1)C(C)(C)C.[Ir+3]. The van der Waals surface area contributed by atoms with Crippen molar-refractivity contribution >= 4 is 54.4 Å². The number of para-hydroxylation sites is 1. The van der Waals surface area contributed by atoms with E-state index in [2.05, 4.69) is 67.0 Å². The molecule has 7 aromatic rings. The van der Waals surface area contributed by atoms with Crippen molar-refractivity contribution in [3.8, 4) is 17.1 Å². The normalized spacial score (nSPS) is 14.8. The van der Waals surface area contributed by atoms with E-state index in [1.54, 1.807) is 41.9 Å². The van der Waals surface area contributed by atoms with Crippen molar-refractivity contribution in [3.05, 3.63) is 203 Å². The molecule has 2 heterocycles. The Morgan fingerprint density at radius 2 is 1.68 bits per heavy atom. The number of thiophene rings is 1. The number of rotatable bonds is 12. The zero-order chi connectivity index (χ0) is 50.7. The van der Waals surface area contributed by atoms with Gasteiger partial charge in [0.25, 0.3) is 0 Å². The van der Waals surface area contributed by atoms with Crippen molar-refractivity contribution in [1.82, 2.24) is 9.55 Å². The molecule has 0 radical (unpaired) electrons. The molecule has 0 bridgehead atoms. The number of allylic oxidation sites excluding steroid dienone is 9. The molecular formula is C58H60IrN3S. The Kier molecular flexibility index (Phi) is 13.5. The summed E-state index contributed by atoms with van der Waals surface area (Å²) < 4.78 is 62.9. The van der Waals surface area contributed by atoms with Crippen LogP contribution in [0.2, 0.25) is 0 Å². The molecule has 5 heteroatoms. The van der Waals surface area contributed by atoms with Crippen LogP contribution in [0.25, 0.3) is 59.4 Å². The summed E-state index contributed by atoms with van der Waals surface area (Å²) in [5, 5.41) is 12.0. The Morgan fingerprint density at radius 1 is 0.968 bits per heavy atom. The molecule has 3 nitrogen and oxygen atoms in total. The predicted molar refractivity (Wildman–Crippen MR) is 273 cm³/mol. The van der Waals surface area contributed by atoms with Gasteiger partial charge < -0.3 is 9.98 Å². The van der Waals surface area contributed by atoms with Crippen LogP contribution < -0.4 is 0 Å². The fourth-order valence-electron chi connectivity index (χ4n) is 7.33. The molecule has 322 valence electrons. The molecule has 0 spiro atoms. The quantitative estimate of drug-likeness (QED) is 0.0683. The van der Waals surface area contributed by atoms with Gasteiger partial charge in [0.2, 0.25) is 0 Å². The summed E-state index contributed by atoms with van der Waals surface area (Å²) in [5.74, 6) is -1.31. The Labute approximate surface area is 404 Å². The Balaban J connectivity index is 0.000000258. The summed E-state index contributed by atoms with van der Waals surface area (Å²) >= 11 is 1.77. The van der Waals surface area contributed by atoms with Crippen molar-refractivity contribution in [2.45, 2.75) is 87.3 Å². The van der Waals surface area contributed by atoms with E-state index in [4.69, 9.17) is 9.60 Å². The largest absolute Gasteiger partial charge is 3.00 e. The van der Waals surface area contributed by atoms with E-state index in [-0.39, 0.29) is 25.7 Å². The predicted octanol–water partition coefficient (Wildman–Crippen LogP) is 16.6. The second kappa shape index (κ2) is 21.8. The maximum absolute atomic E-state index is 9.54. The summed E-state index contributed by atoms with van der Waals surface area (Å²) in [6.07, 6.45) is 14.1. The summed E-state index contributed by atoms with van der Waals surface area (Å²) in [4.78, 5) is 4.59. The summed E-state index contributed by atoms with van der Waals surface area (Å²) in [6.45, 7) is 18.7. The van der Waals surface area contributed by atoms with Gasteiger partial charge in [-0.1, -0.05) is 177 Å². The third-order valence-electron chi connectivity index (χ3n) is 10.2. The van der Waals surface area contributed by atoms with E-state index in [0.717, 1.165) is 45.3 Å². The van der Waals surface area contributed by atoms with Crippen LogP contribution in [-0.2, 0) is 26.5 Å². The van der Waals surface area contributed by atoms with Crippen LogP contribution in [0.15, 0.2) is 146 Å². The summed E-state index contributed by atoms with van der Waals surface area (Å²) in [6, 6.07) is 35.5. The monoisotopic (exact) mass is 1030 g/mol. The number of imidazole rings is 1. The zero-order valence-electron chi connectivity index (χ0n) is 44.6. The van der Waals surface area contributed by atoms with Gasteiger partial charge >= 0.3 is 20.1 Å². The molecule has 0 aliphatic carbocycles. The Bertz CT molecular complexity index is 3100. The molecule has 63 heavy (non-hydrogen) atoms. The van der Waals surface area contributed by atoms with Gasteiger partial charge in [-0.25, -0.2) is 0 Å². The molecule has 0 aliphatic rings. The van der Waals surface area contributed by atoms with Gasteiger partial charge in [0.15, 0.2) is 0 Å². The maximum atomic E-state index is 9.54. The fourth-order valence-corrected chi connectivity index (χ4v) is 8.59. The minimum absolute atomic E-state index is 0. The molecule has 0 unspecified atom stereocenters. The third-order valence-corrected chi connectivity index (χ3v) is 11.4. The number of hydrogen-bond acceptors (Lipinski definition) is 2. The number of aryl methyl sites for hydroxylation is 1. The Hall–Kier alpha value is -5.45. The molecule has 0 N–H and O–H groups in total. The van der Waals surface area contributed by atoms with Gasteiger partial charge in [-0.15, -0.1) is 58.7 Å². The molecule has 2 aromatic heterocycles. The van der Waals surface area contributed by atoms with Crippen LogP contribution in [0, 0.1) is 24.4 Å². The maximum Gasteiger partial charge on any atom is 3.00 e. The molecule has 0 saturated heterocycles. The van der Waals surface area contributed by atoms with Gasteiger partial charge in [-0.05, 0) is 80.1 Å². The second-order valence-corrected chi connectivity index (χ2v) is 17.7. The summed E-state index contributed by atoms with van der Waals surface area (Å²) in [5.41, 5.74) is 8.07. The first kappa shape index (κ1) is 39.2. The molecule has 0 saturated carbocycles. The first-order chi connectivity index (χ1) is 32.3. The smallest absolute Gasteiger partial charge is 0.811 e. The van der Waals surface area contributed by atoms with E-state index in [1.165, 1.54) is 26.2 Å². The van der Waals surface area contributed by atoms with E-state index >= 15 is 0 Å². The molecule has 7 rings (SSSR count). The van der Waals surface area contributed by atoms with Crippen molar-refractivity contribution < 1.29 is 29.7 Å². The van der Waals surface area contributed by atoms with Crippen molar-refractivity contribution in [2.24, 2.45) is 5.41 Å². The first-order valence-corrected chi connectivity index (χ1v) is 21.6. The molecule has 0 amide bonds. The number of aromatic nitrogens is 2. The van der Waals surface area contributed by atoms with Crippen molar-refractivity contribution in [3.63, 3.8) is 0 Å². The van der Waals surface area contributed by atoms with E-state index in [0.29, 0.717) is 28.1 Å². The van der Waals surface area contributed by atoms with Gasteiger partial charge in [0, 0.05) is 32.4 Å². The standard InChI is InChI=1S/C29H33N2.C29H27NS.Ir/c1-8-9-10-12-22(6)27-19-24(16-15-23(27)7)29-30-17-18-31(29)28-25(20(2)3)13-11-14-26(28)21(4)5;1-20(24-9-7-10-26-25-8-5-6-11-27(25)31-28(24)26)18-23(16-17-30)22-14-12-21(13-15-22)19-29(2,3)4;/h8-15,17-21H,6H2,1-5,7H3;5-8,10-18H,19H2,1-4H3;/q-1;-2;+3/b9-8-,12-10-;20-18+,23-16+;/i7D3,20D,21D;19D2;. The van der Waals surface area contributed by atoms with Gasteiger partial charge in [0.05, 0.1) is 5.82 Å². The summed E-state index contributed by atoms with van der Waals surface area (Å²) in [7, 11) is 0. The number of hydrogen-bond donors (Lipinski definition) is 0. The second-order valence-electron chi connectivity index (χ2n) is 16.7. The van der Waals surface area contributed by atoms with E-state index < -0.39 is 30.4 Å². The zero-order valence-corrected chi connectivity index (χ0v) is 40.9. The van der Waals surface area contributed by atoms with E-state index in [9.17, 15) is 5.41 Å². The van der Waals surface area contributed by atoms with Crippen molar-refractivity contribution in [1.29, 1.82) is 0 Å². The molecule has 0 aliphatic heterocycles. The molecule has 0 fully saturated rings. The number of fused-ring (bicyclic) bond motifs is 3. The number of nitrogens with zero attached hydrogens (tertiary/aromatic N) is 3. The van der Waals surface area contributed by atoms with Crippen LogP contribution in [0.3, 0.4) is 0 Å². The molecular weight excluding hydrogens is 963 g/mol. The minimum Gasteiger partial charge on any atom is -0.811 e. The van der Waals surface area contributed by atoms with Crippen LogP contribution in [0.5, 0.6) is 0 Å². The van der Waals surface area contributed by atoms with Gasteiger partial charge in [0.1, 0.15) is 0 Å². The Morgan fingerprint density at radius 3 is 2.33 bits per heavy atom. The van der Waals surface area contributed by atoms with Crippen LogP contribution in [-0.4, -0.2) is 15.8 Å². The minimum atomic E-state index is -2.33. The van der Waals surface area contributed by atoms with Gasteiger partial charge in [-0.3, -0.25) is 4.98 Å². The van der Waals surface area contributed by atoms with E-state index in [1.807, 2.05) is 127 Å².